The second kappa shape index (κ2) is 6.32. The number of rotatable bonds is 4. The van der Waals surface area contributed by atoms with Gasteiger partial charge in [0.15, 0.2) is 0 Å². The van der Waals surface area contributed by atoms with Crippen LogP contribution in [0.4, 0.5) is 0 Å². The van der Waals surface area contributed by atoms with Crippen LogP contribution in [0.25, 0.3) is 0 Å². The zero-order valence-corrected chi connectivity index (χ0v) is 13.9. The highest BCUT2D eigenvalue weighted by molar-refractivity contribution is 14.1. The third-order valence-electron chi connectivity index (χ3n) is 2.73. The first-order valence-electron chi connectivity index (χ1n) is 5.63. The molecule has 96 valence electrons. The molecule has 5 heteroatoms. The molecule has 0 amide bonds. The summed E-state index contributed by atoms with van der Waals surface area (Å²) < 4.78 is 1.23. The van der Waals surface area contributed by atoms with E-state index in [4.69, 9.17) is 11.6 Å². The molecule has 2 aromatic rings. The quantitative estimate of drug-likeness (QED) is 0.788. The molecule has 1 heterocycles. The van der Waals surface area contributed by atoms with Crippen molar-refractivity contribution in [3.8, 4) is 0 Å². The fourth-order valence-electron chi connectivity index (χ4n) is 1.82. The molecule has 0 bridgehead atoms. The summed E-state index contributed by atoms with van der Waals surface area (Å²) in [6.07, 6.45) is 0.894. The number of hydrogen-bond donors (Lipinski definition) is 1. The predicted octanol–water partition coefficient (Wildman–Crippen LogP) is 4.21. The maximum Gasteiger partial charge on any atom is 0.0947 e. The summed E-state index contributed by atoms with van der Waals surface area (Å²) in [5.41, 5.74) is 2.32. The fraction of sp³-hybridized carbons (Fsp3) is 0.308. The standard InChI is InChI=1S/C13H14ClIN2S/c1-8-7-18-13(17-8)6-12(16-2)10-5-9(14)3-4-11(10)15/h3-5,7,12,16H,6H2,1-2H3. The van der Waals surface area contributed by atoms with Crippen LogP contribution in [0.15, 0.2) is 23.6 Å². The zero-order chi connectivity index (χ0) is 13.1. The van der Waals surface area contributed by atoms with E-state index in [1.807, 2.05) is 26.1 Å². The second-order valence-corrected chi connectivity index (χ2v) is 6.64. The number of likely N-dealkylation sites (N-methyl/N-ethyl adjacent to an activating group) is 1. The maximum atomic E-state index is 6.08. The van der Waals surface area contributed by atoms with E-state index >= 15 is 0 Å². The number of nitrogens with one attached hydrogen (secondary N) is 1. The van der Waals surface area contributed by atoms with Crippen molar-refractivity contribution < 1.29 is 0 Å². The molecule has 0 aliphatic carbocycles. The van der Waals surface area contributed by atoms with Crippen LogP contribution in [0.2, 0.25) is 5.02 Å². The number of aryl methyl sites for hydroxylation is 1. The van der Waals surface area contributed by atoms with E-state index < -0.39 is 0 Å². The summed E-state index contributed by atoms with van der Waals surface area (Å²) in [6.45, 7) is 2.03. The molecule has 0 aliphatic rings. The summed E-state index contributed by atoms with van der Waals surface area (Å²) in [5, 5.41) is 7.37. The molecule has 0 saturated carbocycles. The summed E-state index contributed by atoms with van der Waals surface area (Å²) in [7, 11) is 1.97. The largest absolute Gasteiger partial charge is 0.313 e. The molecule has 1 N–H and O–H groups in total. The third-order valence-corrected chi connectivity index (χ3v) is 4.93. The molecule has 0 saturated heterocycles. The summed E-state index contributed by atoms with van der Waals surface area (Å²) in [5.74, 6) is 0. The first-order chi connectivity index (χ1) is 8.60. The second-order valence-electron chi connectivity index (χ2n) is 4.09. The Balaban J connectivity index is 2.25. The Kier molecular flexibility index (Phi) is 5.00. The smallest absolute Gasteiger partial charge is 0.0947 e. The Labute approximate surface area is 130 Å². The van der Waals surface area contributed by atoms with E-state index in [0.717, 1.165) is 22.1 Å². The van der Waals surface area contributed by atoms with Crippen LogP contribution in [0.1, 0.15) is 22.3 Å². The lowest BCUT2D eigenvalue weighted by atomic mass is 10.0. The van der Waals surface area contributed by atoms with Gasteiger partial charge in [-0.15, -0.1) is 11.3 Å². The molecule has 1 atom stereocenters. The summed E-state index contributed by atoms with van der Waals surface area (Å²) in [4.78, 5) is 4.52. The number of benzene rings is 1. The first-order valence-corrected chi connectivity index (χ1v) is 7.97. The molecule has 18 heavy (non-hydrogen) atoms. The summed E-state index contributed by atoms with van der Waals surface area (Å²) >= 11 is 10.1. The van der Waals surface area contributed by atoms with Gasteiger partial charge in [-0.2, -0.15) is 0 Å². The van der Waals surface area contributed by atoms with Gasteiger partial charge in [0.05, 0.1) is 5.01 Å². The van der Waals surface area contributed by atoms with Gasteiger partial charge in [-0.3, -0.25) is 0 Å². The number of halogens is 2. The number of aromatic nitrogens is 1. The van der Waals surface area contributed by atoms with Crippen LogP contribution in [0.3, 0.4) is 0 Å². The van der Waals surface area contributed by atoms with Gasteiger partial charge in [-0.05, 0) is 60.3 Å². The maximum absolute atomic E-state index is 6.08. The molecule has 0 aliphatic heterocycles. The van der Waals surface area contributed by atoms with Crippen molar-refractivity contribution in [2.24, 2.45) is 0 Å². The van der Waals surface area contributed by atoms with Gasteiger partial charge < -0.3 is 5.32 Å². The normalized spacial score (nSPS) is 12.7. The average molecular weight is 393 g/mol. The monoisotopic (exact) mass is 392 g/mol. The van der Waals surface area contributed by atoms with E-state index in [0.29, 0.717) is 0 Å². The summed E-state index contributed by atoms with van der Waals surface area (Å²) in [6, 6.07) is 6.26. The molecule has 1 aromatic heterocycles. The highest BCUT2D eigenvalue weighted by atomic mass is 127. The number of hydrogen-bond acceptors (Lipinski definition) is 3. The Morgan fingerprint density at radius 1 is 1.50 bits per heavy atom. The van der Waals surface area contributed by atoms with Crippen molar-refractivity contribution in [3.63, 3.8) is 0 Å². The van der Waals surface area contributed by atoms with Gasteiger partial charge in [0.2, 0.25) is 0 Å². The Bertz CT molecular complexity index is 542. The molecule has 2 rings (SSSR count). The molecule has 0 radical (unpaired) electrons. The minimum absolute atomic E-state index is 0.251. The van der Waals surface area contributed by atoms with Gasteiger partial charge in [0.1, 0.15) is 0 Å². The SMILES string of the molecule is CNC(Cc1nc(C)cs1)c1cc(Cl)ccc1I. The Morgan fingerprint density at radius 2 is 2.28 bits per heavy atom. The first kappa shape index (κ1) is 14.2. The van der Waals surface area contributed by atoms with E-state index in [1.165, 1.54) is 9.13 Å². The highest BCUT2D eigenvalue weighted by Gasteiger charge is 2.15. The van der Waals surface area contributed by atoms with Crippen molar-refractivity contribution in [3.05, 3.63) is 48.4 Å². The van der Waals surface area contributed by atoms with E-state index in [1.54, 1.807) is 11.3 Å². The van der Waals surface area contributed by atoms with E-state index in [2.05, 4.69) is 44.3 Å². The lowest BCUT2D eigenvalue weighted by molar-refractivity contribution is 0.587. The number of thiazole rings is 1. The van der Waals surface area contributed by atoms with Gasteiger partial charge in [-0.25, -0.2) is 4.98 Å². The van der Waals surface area contributed by atoms with Crippen molar-refractivity contribution in [1.82, 2.24) is 10.3 Å². The lowest BCUT2D eigenvalue weighted by Crippen LogP contribution is -2.19. The molecule has 0 spiro atoms. The highest BCUT2D eigenvalue weighted by Crippen LogP contribution is 2.27. The van der Waals surface area contributed by atoms with Crippen LogP contribution >= 0.6 is 45.5 Å². The van der Waals surface area contributed by atoms with E-state index in [-0.39, 0.29) is 6.04 Å². The van der Waals surface area contributed by atoms with Crippen molar-refractivity contribution in [1.29, 1.82) is 0 Å². The van der Waals surface area contributed by atoms with Gasteiger partial charge in [-0.1, -0.05) is 11.6 Å². The topological polar surface area (TPSA) is 24.9 Å². The lowest BCUT2D eigenvalue weighted by Gasteiger charge is -2.17. The average Bonchev–Trinajstić information content (AvgIpc) is 2.75. The van der Waals surface area contributed by atoms with Gasteiger partial charge in [0.25, 0.3) is 0 Å². The zero-order valence-electron chi connectivity index (χ0n) is 10.2. The Hall–Kier alpha value is -0.170. The van der Waals surface area contributed by atoms with Crippen molar-refractivity contribution in [2.45, 2.75) is 19.4 Å². The third kappa shape index (κ3) is 3.44. The molecule has 2 nitrogen and oxygen atoms in total. The van der Waals surface area contributed by atoms with Gasteiger partial charge >= 0.3 is 0 Å². The van der Waals surface area contributed by atoms with Crippen molar-refractivity contribution >= 4 is 45.5 Å². The van der Waals surface area contributed by atoms with Crippen LogP contribution in [-0.2, 0) is 6.42 Å². The van der Waals surface area contributed by atoms with Crippen LogP contribution in [0, 0.1) is 10.5 Å². The Morgan fingerprint density at radius 3 is 2.89 bits per heavy atom. The van der Waals surface area contributed by atoms with Crippen LogP contribution in [0.5, 0.6) is 0 Å². The molecular weight excluding hydrogens is 379 g/mol. The molecule has 1 unspecified atom stereocenters. The van der Waals surface area contributed by atoms with Crippen LogP contribution in [-0.4, -0.2) is 12.0 Å². The van der Waals surface area contributed by atoms with Gasteiger partial charge in [0, 0.05) is 32.1 Å². The number of nitrogens with zero attached hydrogens (tertiary/aromatic N) is 1. The molecule has 1 aromatic carbocycles. The molecule has 0 fully saturated rings. The predicted molar refractivity (Wildman–Crippen MR) is 86.5 cm³/mol. The van der Waals surface area contributed by atoms with E-state index in [9.17, 15) is 0 Å². The minimum Gasteiger partial charge on any atom is -0.313 e. The molecular formula is C13H14ClIN2S. The fourth-order valence-corrected chi connectivity index (χ4v) is 3.53. The van der Waals surface area contributed by atoms with Crippen molar-refractivity contribution in [2.75, 3.05) is 7.05 Å². The van der Waals surface area contributed by atoms with Crippen LogP contribution < -0.4 is 5.32 Å². The minimum atomic E-state index is 0.251.